The SMILES string of the molecule is Cc1ccccc1CNc1nc(O)nc2[nH]cnc12. The summed E-state index contributed by atoms with van der Waals surface area (Å²) in [6.07, 6.45) is 1.53. The van der Waals surface area contributed by atoms with Crippen molar-refractivity contribution in [3.8, 4) is 6.01 Å². The number of hydrogen-bond acceptors (Lipinski definition) is 5. The average molecular weight is 255 g/mol. The van der Waals surface area contributed by atoms with E-state index in [-0.39, 0.29) is 6.01 Å². The zero-order chi connectivity index (χ0) is 13.2. The van der Waals surface area contributed by atoms with Crippen molar-refractivity contribution in [1.82, 2.24) is 19.9 Å². The van der Waals surface area contributed by atoms with Crippen LogP contribution >= 0.6 is 0 Å². The van der Waals surface area contributed by atoms with Gasteiger partial charge in [-0.2, -0.15) is 9.97 Å². The van der Waals surface area contributed by atoms with E-state index in [0.717, 1.165) is 0 Å². The van der Waals surface area contributed by atoms with Gasteiger partial charge < -0.3 is 15.4 Å². The first-order valence-electron chi connectivity index (χ1n) is 5.92. The Hall–Kier alpha value is -2.63. The van der Waals surface area contributed by atoms with Gasteiger partial charge in [0, 0.05) is 6.54 Å². The van der Waals surface area contributed by atoms with Crippen LogP contribution in [0.5, 0.6) is 6.01 Å². The molecule has 0 aliphatic carbocycles. The molecular formula is C13H13N5O. The molecule has 1 aromatic carbocycles. The van der Waals surface area contributed by atoms with Gasteiger partial charge in [0.15, 0.2) is 11.5 Å². The van der Waals surface area contributed by atoms with Crippen molar-refractivity contribution in [2.24, 2.45) is 0 Å². The lowest BCUT2D eigenvalue weighted by molar-refractivity contribution is 0.433. The van der Waals surface area contributed by atoms with Crippen molar-refractivity contribution in [2.45, 2.75) is 13.5 Å². The highest BCUT2D eigenvalue weighted by Crippen LogP contribution is 2.20. The molecular weight excluding hydrogens is 242 g/mol. The summed E-state index contributed by atoms with van der Waals surface area (Å²) in [5, 5.41) is 12.6. The third-order valence-electron chi connectivity index (χ3n) is 2.97. The van der Waals surface area contributed by atoms with Crippen molar-refractivity contribution < 1.29 is 5.11 Å². The first-order chi connectivity index (χ1) is 9.24. The van der Waals surface area contributed by atoms with E-state index in [1.165, 1.54) is 17.5 Å². The van der Waals surface area contributed by atoms with Gasteiger partial charge in [-0.1, -0.05) is 24.3 Å². The first kappa shape index (κ1) is 11.5. The van der Waals surface area contributed by atoms with Crippen molar-refractivity contribution in [3.05, 3.63) is 41.7 Å². The zero-order valence-corrected chi connectivity index (χ0v) is 10.4. The summed E-state index contributed by atoms with van der Waals surface area (Å²) >= 11 is 0. The van der Waals surface area contributed by atoms with Crippen LogP contribution in [-0.2, 0) is 6.54 Å². The molecule has 0 bridgehead atoms. The van der Waals surface area contributed by atoms with Crippen LogP contribution in [0.3, 0.4) is 0 Å². The summed E-state index contributed by atoms with van der Waals surface area (Å²) in [7, 11) is 0. The Morgan fingerprint density at radius 3 is 2.95 bits per heavy atom. The molecule has 2 aromatic heterocycles. The minimum Gasteiger partial charge on any atom is -0.479 e. The van der Waals surface area contributed by atoms with Crippen LogP contribution in [-0.4, -0.2) is 25.0 Å². The molecule has 0 spiro atoms. The summed E-state index contributed by atoms with van der Waals surface area (Å²) in [6, 6.07) is 7.82. The molecule has 6 nitrogen and oxygen atoms in total. The van der Waals surface area contributed by atoms with Gasteiger partial charge in [-0.05, 0) is 18.1 Å². The van der Waals surface area contributed by atoms with Crippen LogP contribution in [0.15, 0.2) is 30.6 Å². The number of aromatic hydroxyl groups is 1. The highest BCUT2D eigenvalue weighted by atomic mass is 16.3. The molecule has 0 aliphatic heterocycles. The molecule has 2 heterocycles. The van der Waals surface area contributed by atoms with Gasteiger partial charge in [0.25, 0.3) is 0 Å². The lowest BCUT2D eigenvalue weighted by Crippen LogP contribution is -2.04. The fraction of sp³-hybridized carbons (Fsp3) is 0.154. The molecule has 0 unspecified atom stereocenters. The normalized spacial score (nSPS) is 10.8. The fourth-order valence-electron chi connectivity index (χ4n) is 1.93. The van der Waals surface area contributed by atoms with E-state index in [1.807, 2.05) is 18.2 Å². The topological polar surface area (TPSA) is 86.7 Å². The molecule has 3 aromatic rings. The Bertz CT molecular complexity index is 722. The van der Waals surface area contributed by atoms with Crippen molar-refractivity contribution >= 4 is 17.0 Å². The van der Waals surface area contributed by atoms with Crippen LogP contribution in [0.1, 0.15) is 11.1 Å². The summed E-state index contributed by atoms with van der Waals surface area (Å²) in [6.45, 7) is 2.67. The van der Waals surface area contributed by atoms with Crippen LogP contribution in [0.4, 0.5) is 5.82 Å². The van der Waals surface area contributed by atoms with E-state index in [1.54, 1.807) is 0 Å². The Labute approximate surface area is 109 Å². The number of anilines is 1. The number of H-pyrrole nitrogens is 1. The van der Waals surface area contributed by atoms with E-state index in [4.69, 9.17) is 0 Å². The number of imidazole rings is 1. The molecule has 6 heteroatoms. The number of rotatable bonds is 3. The highest BCUT2D eigenvalue weighted by Gasteiger charge is 2.09. The maximum atomic E-state index is 9.47. The highest BCUT2D eigenvalue weighted by molar-refractivity contribution is 5.82. The van der Waals surface area contributed by atoms with Gasteiger partial charge in [0.05, 0.1) is 6.33 Å². The van der Waals surface area contributed by atoms with E-state index >= 15 is 0 Å². The molecule has 0 fully saturated rings. The summed E-state index contributed by atoms with van der Waals surface area (Å²) in [5.74, 6) is 0.520. The number of aryl methyl sites for hydroxylation is 1. The maximum Gasteiger partial charge on any atom is 0.317 e. The predicted molar refractivity (Wildman–Crippen MR) is 71.9 cm³/mol. The summed E-state index contributed by atoms with van der Waals surface area (Å²) in [4.78, 5) is 14.8. The Balaban J connectivity index is 1.90. The van der Waals surface area contributed by atoms with Crippen LogP contribution < -0.4 is 5.32 Å². The van der Waals surface area contributed by atoms with Gasteiger partial charge in [0.2, 0.25) is 0 Å². The first-order valence-corrected chi connectivity index (χ1v) is 5.92. The van der Waals surface area contributed by atoms with Crippen molar-refractivity contribution in [1.29, 1.82) is 0 Å². The van der Waals surface area contributed by atoms with Crippen LogP contribution in [0.25, 0.3) is 11.2 Å². The second-order valence-electron chi connectivity index (χ2n) is 4.25. The van der Waals surface area contributed by atoms with Gasteiger partial charge in [-0.3, -0.25) is 0 Å². The molecule has 0 saturated carbocycles. The molecule has 0 aliphatic rings. The lowest BCUT2D eigenvalue weighted by Gasteiger charge is -2.08. The predicted octanol–water partition coefficient (Wildman–Crippen LogP) is 1.98. The smallest absolute Gasteiger partial charge is 0.317 e. The lowest BCUT2D eigenvalue weighted by atomic mass is 10.1. The number of hydrogen-bond donors (Lipinski definition) is 3. The number of aromatic nitrogens is 4. The van der Waals surface area contributed by atoms with Crippen molar-refractivity contribution in [2.75, 3.05) is 5.32 Å². The molecule has 0 atom stereocenters. The van der Waals surface area contributed by atoms with Crippen molar-refractivity contribution in [3.63, 3.8) is 0 Å². The molecule has 96 valence electrons. The Morgan fingerprint density at radius 1 is 1.26 bits per heavy atom. The monoisotopic (exact) mass is 255 g/mol. The number of aromatic amines is 1. The number of nitrogens with zero attached hydrogens (tertiary/aromatic N) is 3. The number of benzene rings is 1. The van der Waals surface area contributed by atoms with Crippen LogP contribution in [0, 0.1) is 6.92 Å². The average Bonchev–Trinajstić information content (AvgIpc) is 2.85. The molecule has 0 amide bonds. The van der Waals surface area contributed by atoms with Gasteiger partial charge in [-0.25, -0.2) is 4.98 Å². The van der Waals surface area contributed by atoms with Crippen LogP contribution in [0.2, 0.25) is 0 Å². The minimum atomic E-state index is -0.274. The molecule has 0 saturated heterocycles. The number of nitrogens with one attached hydrogen (secondary N) is 2. The third-order valence-corrected chi connectivity index (χ3v) is 2.97. The van der Waals surface area contributed by atoms with E-state index in [0.29, 0.717) is 23.5 Å². The summed E-state index contributed by atoms with van der Waals surface area (Å²) < 4.78 is 0. The minimum absolute atomic E-state index is 0.274. The van der Waals surface area contributed by atoms with E-state index in [2.05, 4.69) is 38.2 Å². The second kappa shape index (κ2) is 4.56. The summed E-state index contributed by atoms with van der Waals surface area (Å²) in [5.41, 5.74) is 3.50. The Morgan fingerprint density at radius 2 is 2.11 bits per heavy atom. The largest absolute Gasteiger partial charge is 0.479 e. The van der Waals surface area contributed by atoms with Gasteiger partial charge >= 0.3 is 6.01 Å². The Kier molecular flexibility index (Phi) is 2.75. The molecule has 0 radical (unpaired) electrons. The molecule has 3 N–H and O–H groups in total. The van der Waals surface area contributed by atoms with E-state index < -0.39 is 0 Å². The van der Waals surface area contributed by atoms with Gasteiger partial charge in [-0.15, -0.1) is 0 Å². The standard InChI is InChI=1S/C13H13N5O/c1-8-4-2-3-5-9(8)6-14-11-10-12(16-7-15-10)18-13(19)17-11/h2-5,7H,6H2,1H3,(H3,14,15,16,17,18,19). The van der Waals surface area contributed by atoms with Gasteiger partial charge in [0.1, 0.15) is 5.52 Å². The third kappa shape index (κ3) is 2.20. The fourth-order valence-corrected chi connectivity index (χ4v) is 1.93. The zero-order valence-electron chi connectivity index (χ0n) is 10.4. The quantitative estimate of drug-likeness (QED) is 0.666. The number of fused-ring (bicyclic) bond motifs is 1. The maximum absolute atomic E-state index is 9.47. The molecule has 19 heavy (non-hydrogen) atoms. The molecule has 3 rings (SSSR count). The second-order valence-corrected chi connectivity index (χ2v) is 4.25. The van der Waals surface area contributed by atoms with E-state index in [9.17, 15) is 5.11 Å².